The Morgan fingerprint density at radius 3 is 2.38 bits per heavy atom. The quantitative estimate of drug-likeness (QED) is 0.861. The van der Waals surface area contributed by atoms with E-state index in [1.54, 1.807) is 6.92 Å². The van der Waals surface area contributed by atoms with E-state index in [0.29, 0.717) is 17.4 Å². The minimum atomic E-state index is 0.237. The molecule has 1 amide bonds. The molecule has 0 aromatic carbocycles. The Balaban J connectivity index is 1.87. The van der Waals surface area contributed by atoms with Crippen molar-refractivity contribution in [1.29, 1.82) is 0 Å². The van der Waals surface area contributed by atoms with Gasteiger partial charge < -0.3 is 10.2 Å². The molecular formula is C18H34N2O. The summed E-state index contributed by atoms with van der Waals surface area (Å²) in [7, 11) is 0. The highest BCUT2D eigenvalue weighted by Gasteiger charge is 2.31. The third-order valence-electron chi connectivity index (χ3n) is 5.05. The van der Waals surface area contributed by atoms with Gasteiger partial charge in [-0.05, 0) is 49.5 Å². The van der Waals surface area contributed by atoms with E-state index in [-0.39, 0.29) is 5.91 Å². The van der Waals surface area contributed by atoms with Crippen molar-refractivity contribution in [2.45, 2.75) is 72.3 Å². The van der Waals surface area contributed by atoms with E-state index in [1.807, 2.05) is 0 Å². The summed E-state index contributed by atoms with van der Waals surface area (Å²) in [6.07, 6.45) is 8.03. The Labute approximate surface area is 130 Å². The lowest BCUT2D eigenvalue weighted by molar-refractivity contribution is -0.131. The average molecular weight is 294 g/mol. The molecule has 2 unspecified atom stereocenters. The van der Waals surface area contributed by atoms with Crippen molar-refractivity contribution < 1.29 is 4.79 Å². The standard InChI is InChI=1S/C18H34N2O/c1-14(21)20-12-16(10-18(2,3)4)9-17(13-20)19-11-15-7-5-6-8-15/h15-17,19H,5-13H2,1-4H3. The van der Waals surface area contributed by atoms with Crippen LogP contribution in [0.5, 0.6) is 0 Å². The number of nitrogens with zero attached hydrogens (tertiary/aromatic N) is 1. The van der Waals surface area contributed by atoms with Gasteiger partial charge in [-0.2, -0.15) is 0 Å². The van der Waals surface area contributed by atoms with Crippen molar-refractivity contribution >= 4 is 5.91 Å². The van der Waals surface area contributed by atoms with Crippen molar-refractivity contribution in [3.05, 3.63) is 0 Å². The maximum atomic E-state index is 11.8. The number of hydrogen-bond acceptors (Lipinski definition) is 2. The molecule has 2 rings (SSSR count). The monoisotopic (exact) mass is 294 g/mol. The fourth-order valence-corrected chi connectivity index (χ4v) is 4.17. The van der Waals surface area contributed by atoms with Crippen LogP contribution in [0.25, 0.3) is 0 Å². The maximum absolute atomic E-state index is 11.8. The van der Waals surface area contributed by atoms with Crippen LogP contribution in [-0.2, 0) is 4.79 Å². The molecule has 0 radical (unpaired) electrons. The van der Waals surface area contributed by atoms with Crippen molar-refractivity contribution in [3.63, 3.8) is 0 Å². The summed E-state index contributed by atoms with van der Waals surface area (Å²) in [6, 6.07) is 0.496. The second-order valence-corrected chi connectivity index (χ2v) is 8.55. The fraction of sp³-hybridized carbons (Fsp3) is 0.944. The molecule has 0 aromatic rings. The van der Waals surface area contributed by atoms with Crippen molar-refractivity contribution in [1.82, 2.24) is 10.2 Å². The lowest BCUT2D eigenvalue weighted by Gasteiger charge is -2.40. The number of piperidine rings is 1. The lowest BCUT2D eigenvalue weighted by atomic mass is 9.80. The van der Waals surface area contributed by atoms with Gasteiger partial charge >= 0.3 is 0 Å². The molecule has 2 atom stereocenters. The van der Waals surface area contributed by atoms with Gasteiger partial charge in [-0.1, -0.05) is 33.6 Å². The van der Waals surface area contributed by atoms with Crippen LogP contribution in [0.4, 0.5) is 0 Å². The Morgan fingerprint density at radius 1 is 1.14 bits per heavy atom. The number of carbonyl (C=O) groups excluding carboxylic acids is 1. The van der Waals surface area contributed by atoms with E-state index < -0.39 is 0 Å². The minimum Gasteiger partial charge on any atom is -0.341 e. The summed E-state index contributed by atoms with van der Waals surface area (Å²) in [5, 5.41) is 3.77. The van der Waals surface area contributed by atoms with Crippen LogP contribution in [0.1, 0.15) is 66.2 Å². The van der Waals surface area contributed by atoms with Crippen molar-refractivity contribution in [3.8, 4) is 0 Å². The molecule has 2 fully saturated rings. The summed E-state index contributed by atoms with van der Waals surface area (Å²) >= 11 is 0. The SMILES string of the molecule is CC(=O)N1CC(CC(C)(C)C)CC(NCC2CCCC2)C1. The molecule has 1 aliphatic carbocycles. The third kappa shape index (κ3) is 5.61. The minimum absolute atomic E-state index is 0.237. The van der Waals surface area contributed by atoms with E-state index in [9.17, 15) is 4.79 Å². The first-order valence-corrected chi connectivity index (χ1v) is 8.82. The van der Waals surface area contributed by atoms with Gasteiger partial charge in [0.1, 0.15) is 0 Å². The molecule has 0 bridgehead atoms. The van der Waals surface area contributed by atoms with Gasteiger partial charge in [0.15, 0.2) is 0 Å². The number of carbonyl (C=O) groups is 1. The highest BCUT2D eigenvalue weighted by atomic mass is 16.2. The van der Waals surface area contributed by atoms with Crippen LogP contribution in [0.15, 0.2) is 0 Å². The van der Waals surface area contributed by atoms with E-state index in [1.165, 1.54) is 38.5 Å². The van der Waals surface area contributed by atoms with Gasteiger partial charge in [0.05, 0.1) is 0 Å². The van der Waals surface area contributed by atoms with E-state index in [2.05, 4.69) is 31.0 Å². The maximum Gasteiger partial charge on any atom is 0.219 e. The topological polar surface area (TPSA) is 32.3 Å². The molecule has 1 saturated heterocycles. The molecule has 3 nitrogen and oxygen atoms in total. The summed E-state index contributed by atoms with van der Waals surface area (Å²) in [5.74, 6) is 1.75. The number of rotatable bonds is 4. The van der Waals surface area contributed by atoms with E-state index in [4.69, 9.17) is 0 Å². The molecule has 122 valence electrons. The zero-order chi connectivity index (χ0) is 15.5. The first kappa shape index (κ1) is 16.8. The molecule has 2 aliphatic rings. The second-order valence-electron chi connectivity index (χ2n) is 8.55. The highest BCUT2D eigenvalue weighted by Crippen LogP contribution is 2.31. The molecule has 0 aromatic heterocycles. The van der Waals surface area contributed by atoms with E-state index in [0.717, 1.165) is 25.6 Å². The molecule has 1 heterocycles. The second kappa shape index (κ2) is 7.13. The van der Waals surface area contributed by atoms with Crippen molar-refractivity contribution in [2.75, 3.05) is 19.6 Å². The van der Waals surface area contributed by atoms with E-state index >= 15 is 0 Å². The number of amides is 1. The Morgan fingerprint density at radius 2 is 1.81 bits per heavy atom. The molecule has 3 heteroatoms. The fourth-order valence-electron chi connectivity index (χ4n) is 4.17. The summed E-state index contributed by atoms with van der Waals surface area (Å²) < 4.78 is 0. The molecule has 21 heavy (non-hydrogen) atoms. The predicted octanol–water partition coefficient (Wildman–Crippen LogP) is 3.44. The normalized spacial score (nSPS) is 28.1. The highest BCUT2D eigenvalue weighted by molar-refractivity contribution is 5.73. The van der Waals surface area contributed by atoms with Gasteiger partial charge in [-0.15, -0.1) is 0 Å². The third-order valence-corrected chi connectivity index (χ3v) is 5.05. The number of nitrogens with one attached hydrogen (secondary N) is 1. The Hall–Kier alpha value is -0.570. The first-order valence-electron chi connectivity index (χ1n) is 8.82. The Kier molecular flexibility index (Phi) is 5.70. The summed E-state index contributed by atoms with van der Waals surface area (Å²) in [5.41, 5.74) is 0.348. The van der Waals surface area contributed by atoms with Crippen LogP contribution in [0, 0.1) is 17.3 Å². The van der Waals surface area contributed by atoms with Crippen LogP contribution < -0.4 is 5.32 Å². The summed E-state index contributed by atoms with van der Waals surface area (Å²) in [6.45, 7) is 11.6. The largest absolute Gasteiger partial charge is 0.341 e. The van der Waals surface area contributed by atoms with Crippen LogP contribution >= 0.6 is 0 Å². The van der Waals surface area contributed by atoms with Gasteiger partial charge in [0.2, 0.25) is 5.91 Å². The summed E-state index contributed by atoms with van der Waals surface area (Å²) in [4.78, 5) is 13.9. The lowest BCUT2D eigenvalue weighted by Crippen LogP contribution is -2.51. The Bertz CT molecular complexity index is 342. The van der Waals surface area contributed by atoms with Gasteiger partial charge in [0, 0.05) is 26.1 Å². The zero-order valence-electron chi connectivity index (χ0n) is 14.5. The molecule has 1 N–H and O–H groups in total. The molecular weight excluding hydrogens is 260 g/mol. The molecule has 1 aliphatic heterocycles. The van der Waals surface area contributed by atoms with Crippen LogP contribution in [0.3, 0.4) is 0 Å². The smallest absolute Gasteiger partial charge is 0.219 e. The first-order chi connectivity index (χ1) is 9.83. The van der Waals surface area contributed by atoms with Gasteiger partial charge in [-0.25, -0.2) is 0 Å². The molecule has 0 spiro atoms. The molecule has 1 saturated carbocycles. The van der Waals surface area contributed by atoms with Gasteiger partial charge in [0.25, 0.3) is 0 Å². The predicted molar refractivity (Wildman–Crippen MR) is 88.2 cm³/mol. The van der Waals surface area contributed by atoms with Crippen LogP contribution in [0.2, 0.25) is 0 Å². The van der Waals surface area contributed by atoms with Crippen LogP contribution in [-0.4, -0.2) is 36.5 Å². The zero-order valence-corrected chi connectivity index (χ0v) is 14.5. The van der Waals surface area contributed by atoms with Crippen molar-refractivity contribution in [2.24, 2.45) is 17.3 Å². The number of likely N-dealkylation sites (tertiary alicyclic amines) is 1. The van der Waals surface area contributed by atoms with Gasteiger partial charge in [-0.3, -0.25) is 4.79 Å². The average Bonchev–Trinajstić information content (AvgIpc) is 2.87. The number of hydrogen-bond donors (Lipinski definition) is 1.